The second-order valence-corrected chi connectivity index (χ2v) is 11.0. The van der Waals surface area contributed by atoms with Gasteiger partial charge in [0.1, 0.15) is 11.5 Å². The number of carbonyl (C=O) groups is 1. The number of ether oxygens (including phenoxy) is 2. The van der Waals surface area contributed by atoms with E-state index in [1.807, 2.05) is 16.8 Å². The summed E-state index contributed by atoms with van der Waals surface area (Å²) in [7, 11) is 1.86. The van der Waals surface area contributed by atoms with Crippen molar-refractivity contribution in [1.29, 1.82) is 0 Å². The molecular weight excluding hydrogens is 471 g/mol. The minimum Gasteiger partial charge on any atom is -0.364 e. The number of aromatic nitrogens is 3. The summed E-state index contributed by atoms with van der Waals surface area (Å²) < 4.78 is 26.8. The third-order valence-electron chi connectivity index (χ3n) is 6.19. The number of rotatable bonds is 5. The second kappa shape index (κ2) is 9.03. The highest BCUT2D eigenvalue weighted by Gasteiger charge is 2.40. The van der Waals surface area contributed by atoms with Crippen LogP contribution in [0.25, 0.3) is 16.2 Å². The molecule has 2 aromatic heterocycles. The molecule has 2 aliphatic heterocycles. The lowest BCUT2D eigenvalue weighted by Crippen LogP contribution is -2.49. The van der Waals surface area contributed by atoms with Crippen molar-refractivity contribution in [3.8, 4) is 11.3 Å². The van der Waals surface area contributed by atoms with Crippen molar-refractivity contribution in [1.82, 2.24) is 19.5 Å². The fraction of sp³-hybridized carbons (Fsp3) is 0.542. The van der Waals surface area contributed by atoms with Gasteiger partial charge >= 0.3 is 0 Å². The number of imidazole rings is 1. The van der Waals surface area contributed by atoms with Crippen LogP contribution in [0.3, 0.4) is 0 Å². The zero-order valence-electron chi connectivity index (χ0n) is 20.5. The van der Waals surface area contributed by atoms with Crippen molar-refractivity contribution in [2.75, 3.05) is 50.1 Å². The summed E-state index contributed by atoms with van der Waals surface area (Å²) in [6.45, 7) is 8.88. The summed E-state index contributed by atoms with van der Waals surface area (Å²) in [5.41, 5.74) is 1.27. The van der Waals surface area contributed by atoms with Crippen LogP contribution in [0.4, 0.5) is 15.3 Å². The zero-order valence-corrected chi connectivity index (χ0v) is 21.3. The Bertz CT molecular complexity index is 1200. The second-order valence-electron chi connectivity index (χ2n) is 10.1. The molecule has 0 radical (unpaired) electrons. The molecule has 0 aliphatic carbocycles. The molecule has 0 atom stereocenters. The zero-order chi connectivity index (χ0) is 24.8. The van der Waals surface area contributed by atoms with Gasteiger partial charge in [0.25, 0.3) is 0 Å². The van der Waals surface area contributed by atoms with Crippen LogP contribution in [0, 0.1) is 5.82 Å². The normalized spacial score (nSPS) is 17.9. The third kappa shape index (κ3) is 4.98. The molecule has 1 spiro atoms. The van der Waals surface area contributed by atoms with Crippen molar-refractivity contribution in [3.63, 3.8) is 0 Å². The van der Waals surface area contributed by atoms with Gasteiger partial charge in [-0.2, -0.15) is 4.52 Å². The summed E-state index contributed by atoms with van der Waals surface area (Å²) in [6, 6.07) is 6.28. The Morgan fingerprint density at radius 2 is 1.86 bits per heavy atom. The van der Waals surface area contributed by atoms with Gasteiger partial charge in [0.2, 0.25) is 16.0 Å². The lowest BCUT2D eigenvalue weighted by atomic mass is 10.0. The van der Waals surface area contributed by atoms with Crippen molar-refractivity contribution in [2.45, 2.75) is 44.9 Å². The van der Waals surface area contributed by atoms with Crippen molar-refractivity contribution >= 4 is 33.2 Å². The number of likely N-dealkylation sites (tertiary alicyclic amines) is 1. The van der Waals surface area contributed by atoms with Gasteiger partial charge in [0.05, 0.1) is 19.8 Å². The van der Waals surface area contributed by atoms with Crippen LogP contribution in [0.15, 0.2) is 24.3 Å². The molecule has 3 aromatic rings. The molecule has 1 amide bonds. The number of amides is 1. The van der Waals surface area contributed by atoms with Gasteiger partial charge in [-0.25, -0.2) is 9.37 Å². The number of fused-ring (bicyclic) bond motifs is 1. The molecule has 2 fully saturated rings. The molecule has 188 valence electrons. The average molecular weight is 503 g/mol. The van der Waals surface area contributed by atoms with Gasteiger partial charge < -0.3 is 24.6 Å². The van der Waals surface area contributed by atoms with E-state index < -0.39 is 5.79 Å². The number of carbonyl (C=O) groups excluding carboxylic acids is 1. The quantitative estimate of drug-likeness (QED) is 0.571. The summed E-state index contributed by atoms with van der Waals surface area (Å²) in [5, 5.41) is 8.95. The number of halogens is 1. The van der Waals surface area contributed by atoms with Gasteiger partial charge in [-0.1, -0.05) is 11.3 Å². The van der Waals surface area contributed by atoms with Gasteiger partial charge in [-0.05, 0) is 45.0 Å². The number of hydrogen-bond donors (Lipinski definition) is 1. The van der Waals surface area contributed by atoms with Crippen molar-refractivity contribution in [2.24, 2.45) is 0 Å². The standard InChI is InChI=1S/C24H31FN6O3S/c1-23(2,3)27-20-19(16-5-7-17(25)8-6-16)26-21-31(20)28-22(35-21)29(4)15-18(32)30-11-9-24(10-12-30)33-13-14-34-24/h5-8,27H,9-15H2,1-4H3. The van der Waals surface area contributed by atoms with Crippen LogP contribution in [0.1, 0.15) is 33.6 Å². The van der Waals surface area contributed by atoms with E-state index in [4.69, 9.17) is 19.6 Å². The van der Waals surface area contributed by atoms with Gasteiger partial charge in [0.15, 0.2) is 11.6 Å². The van der Waals surface area contributed by atoms with E-state index >= 15 is 0 Å². The third-order valence-corrected chi connectivity index (χ3v) is 7.22. The Morgan fingerprint density at radius 3 is 2.49 bits per heavy atom. The molecule has 0 unspecified atom stereocenters. The van der Waals surface area contributed by atoms with Gasteiger partial charge in [-0.15, -0.1) is 5.10 Å². The number of piperidine rings is 1. The number of likely N-dealkylation sites (N-methyl/N-ethyl adjacent to an activating group) is 1. The molecule has 5 rings (SSSR count). The molecule has 9 nitrogen and oxygen atoms in total. The number of hydrogen-bond acceptors (Lipinski definition) is 8. The number of nitrogens with zero attached hydrogens (tertiary/aromatic N) is 5. The molecule has 0 bridgehead atoms. The molecule has 0 saturated carbocycles. The van der Waals surface area contributed by atoms with E-state index in [9.17, 15) is 9.18 Å². The maximum absolute atomic E-state index is 13.5. The van der Waals surface area contributed by atoms with Crippen LogP contribution in [-0.4, -0.2) is 76.6 Å². The Kier molecular flexibility index (Phi) is 6.18. The summed E-state index contributed by atoms with van der Waals surface area (Å²) >= 11 is 1.41. The van der Waals surface area contributed by atoms with E-state index in [0.717, 1.165) is 11.4 Å². The van der Waals surface area contributed by atoms with Crippen LogP contribution in [-0.2, 0) is 14.3 Å². The molecule has 2 aliphatic rings. The first-order valence-electron chi connectivity index (χ1n) is 11.8. The lowest BCUT2D eigenvalue weighted by molar-refractivity contribution is -0.187. The highest BCUT2D eigenvalue weighted by Crippen LogP contribution is 2.35. The fourth-order valence-corrected chi connectivity index (χ4v) is 5.28. The predicted octanol–water partition coefficient (Wildman–Crippen LogP) is 3.61. The number of benzene rings is 1. The highest BCUT2D eigenvalue weighted by atomic mass is 32.1. The molecule has 4 heterocycles. The van der Waals surface area contributed by atoms with Gasteiger partial charge in [-0.3, -0.25) is 4.79 Å². The molecule has 35 heavy (non-hydrogen) atoms. The Morgan fingerprint density at radius 1 is 1.20 bits per heavy atom. The van der Waals surface area contributed by atoms with E-state index in [2.05, 4.69) is 26.1 Å². The van der Waals surface area contributed by atoms with Crippen LogP contribution >= 0.6 is 11.3 Å². The molecule has 1 N–H and O–H groups in total. The summed E-state index contributed by atoms with van der Waals surface area (Å²) in [5.74, 6) is -0.00599. The number of nitrogens with one attached hydrogen (secondary N) is 1. The van der Waals surface area contributed by atoms with Crippen LogP contribution < -0.4 is 10.2 Å². The minimum absolute atomic E-state index is 0.0493. The SMILES string of the molecule is CN(CC(=O)N1CCC2(CC1)OCCO2)c1nn2c(NC(C)(C)C)c(-c3ccc(F)cc3)nc2s1. The summed E-state index contributed by atoms with van der Waals surface area (Å²) in [4.78, 5) is 22.2. The highest BCUT2D eigenvalue weighted by molar-refractivity contribution is 7.20. The molecule has 1 aromatic carbocycles. The topological polar surface area (TPSA) is 84.2 Å². The van der Waals surface area contributed by atoms with Crippen molar-refractivity contribution in [3.05, 3.63) is 30.1 Å². The van der Waals surface area contributed by atoms with Gasteiger partial charge in [0, 0.05) is 44.1 Å². The van der Waals surface area contributed by atoms with E-state index in [-0.39, 0.29) is 23.8 Å². The fourth-order valence-electron chi connectivity index (χ4n) is 4.42. The minimum atomic E-state index is -0.498. The molecule has 11 heteroatoms. The van der Waals surface area contributed by atoms with Crippen LogP contribution in [0.2, 0.25) is 0 Å². The summed E-state index contributed by atoms with van der Waals surface area (Å²) in [6.07, 6.45) is 1.39. The maximum Gasteiger partial charge on any atom is 0.242 e. The first-order chi connectivity index (χ1) is 16.6. The first kappa shape index (κ1) is 24.0. The van der Waals surface area contributed by atoms with E-state index in [1.54, 1.807) is 16.6 Å². The molecular formula is C24H31FN6O3S. The maximum atomic E-state index is 13.5. The monoisotopic (exact) mass is 502 g/mol. The Labute approximate surface area is 207 Å². The smallest absolute Gasteiger partial charge is 0.242 e. The Balaban J connectivity index is 1.34. The average Bonchev–Trinajstić information content (AvgIpc) is 3.51. The van der Waals surface area contributed by atoms with Crippen LogP contribution in [0.5, 0.6) is 0 Å². The number of anilines is 2. The first-order valence-corrected chi connectivity index (χ1v) is 12.6. The molecule has 2 saturated heterocycles. The Hall–Kier alpha value is -2.76. The predicted molar refractivity (Wildman–Crippen MR) is 133 cm³/mol. The van der Waals surface area contributed by atoms with E-state index in [1.165, 1.54) is 23.5 Å². The lowest BCUT2D eigenvalue weighted by Gasteiger charge is -2.38. The van der Waals surface area contributed by atoms with E-state index in [0.29, 0.717) is 54.9 Å². The van der Waals surface area contributed by atoms with Crippen molar-refractivity contribution < 1.29 is 18.7 Å². The largest absolute Gasteiger partial charge is 0.364 e.